The fourth-order valence-corrected chi connectivity index (χ4v) is 2.85. The summed E-state index contributed by atoms with van der Waals surface area (Å²) in [6.45, 7) is 3.11. The predicted octanol–water partition coefficient (Wildman–Crippen LogP) is 1.92. The van der Waals surface area contributed by atoms with Crippen LogP contribution in [-0.4, -0.2) is 36.8 Å². The monoisotopic (exact) mass is 235 g/mol. The maximum absolute atomic E-state index is 5.25. The zero-order chi connectivity index (χ0) is 11.6. The average Bonchev–Trinajstić information content (AvgIpc) is 2.29. The molecule has 0 aliphatic heterocycles. The molecular weight excluding hydrogens is 210 g/mol. The lowest BCUT2D eigenvalue weighted by atomic mass is 10.2. The maximum Gasteiger partial charge on any atom is 0.595 e. The molecule has 92 valence electrons. The van der Waals surface area contributed by atoms with E-state index in [1.165, 1.54) is 25.7 Å². The van der Waals surface area contributed by atoms with Crippen molar-refractivity contribution in [3.05, 3.63) is 0 Å². The highest BCUT2D eigenvalue weighted by Gasteiger charge is 2.38. The Hall–Kier alpha value is 0.0569. The first-order valence-corrected chi connectivity index (χ1v) is 7.37. The molecule has 0 aromatic heterocycles. The highest BCUT2D eigenvalue weighted by atomic mass is 28.4. The van der Waals surface area contributed by atoms with Crippen molar-refractivity contribution >= 4 is 8.97 Å². The van der Waals surface area contributed by atoms with E-state index >= 15 is 0 Å². The van der Waals surface area contributed by atoms with Crippen molar-refractivity contribution in [3.63, 3.8) is 0 Å². The van der Waals surface area contributed by atoms with Crippen LogP contribution < -0.4 is 4.98 Å². The highest BCUT2D eigenvalue weighted by molar-refractivity contribution is 6.57. The molecule has 1 N–H and O–H groups in total. The minimum absolute atomic E-state index is 0.894. The Balaban J connectivity index is 3.54. The van der Waals surface area contributed by atoms with Gasteiger partial charge in [-0.3, -0.25) is 4.98 Å². The highest BCUT2D eigenvalue weighted by Crippen LogP contribution is 2.04. The lowest BCUT2D eigenvalue weighted by Gasteiger charge is -2.24. The van der Waals surface area contributed by atoms with E-state index in [0.29, 0.717) is 0 Å². The van der Waals surface area contributed by atoms with Crippen molar-refractivity contribution < 1.29 is 13.3 Å². The van der Waals surface area contributed by atoms with Crippen LogP contribution in [0.2, 0.25) is 0 Å². The Bertz CT molecular complexity index is 134. The molecule has 0 aromatic carbocycles. The van der Waals surface area contributed by atoms with Gasteiger partial charge in [0.1, 0.15) is 0 Å². The topological polar surface area (TPSA) is 39.7 Å². The quantitative estimate of drug-likeness (QED) is 0.464. The molecule has 0 spiro atoms. The van der Waals surface area contributed by atoms with Gasteiger partial charge in [-0.1, -0.05) is 32.6 Å². The van der Waals surface area contributed by atoms with Crippen molar-refractivity contribution in [1.29, 1.82) is 0 Å². The third-order valence-electron chi connectivity index (χ3n) is 2.43. The second-order valence-electron chi connectivity index (χ2n) is 3.51. The summed E-state index contributed by atoms with van der Waals surface area (Å²) in [5.41, 5.74) is 0. The largest absolute Gasteiger partial charge is 0.595 e. The van der Waals surface area contributed by atoms with Crippen LogP contribution in [0, 0.1) is 0 Å². The van der Waals surface area contributed by atoms with Gasteiger partial charge in [0.25, 0.3) is 0 Å². The summed E-state index contributed by atoms with van der Waals surface area (Å²) >= 11 is 0. The zero-order valence-electron chi connectivity index (χ0n) is 10.5. The SMILES string of the molecule is CCCCCCCN[Si](OC)(OC)OC. The molecule has 0 unspecified atom stereocenters. The molecule has 0 saturated carbocycles. The van der Waals surface area contributed by atoms with E-state index in [4.69, 9.17) is 13.3 Å². The Morgan fingerprint density at radius 2 is 1.40 bits per heavy atom. The molecular formula is C10H25NO3Si. The van der Waals surface area contributed by atoms with Crippen LogP contribution in [0.3, 0.4) is 0 Å². The molecule has 0 amide bonds. The van der Waals surface area contributed by atoms with Gasteiger partial charge in [-0.2, -0.15) is 0 Å². The number of rotatable bonds is 10. The second kappa shape index (κ2) is 9.29. The molecule has 0 bridgehead atoms. The van der Waals surface area contributed by atoms with Gasteiger partial charge in [0.05, 0.1) is 0 Å². The predicted molar refractivity (Wildman–Crippen MR) is 63.5 cm³/mol. The summed E-state index contributed by atoms with van der Waals surface area (Å²) < 4.78 is 15.7. The zero-order valence-corrected chi connectivity index (χ0v) is 11.5. The van der Waals surface area contributed by atoms with Gasteiger partial charge in [-0.15, -0.1) is 0 Å². The fourth-order valence-electron chi connectivity index (χ4n) is 1.44. The number of hydrogen-bond donors (Lipinski definition) is 1. The Labute approximate surface area is 94.7 Å². The first kappa shape index (κ1) is 15.1. The number of hydrogen-bond acceptors (Lipinski definition) is 4. The minimum atomic E-state index is -2.54. The molecule has 0 fully saturated rings. The van der Waals surface area contributed by atoms with E-state index < -0.39 is 8.97 Å². The lowest BCUT2D eigenvalue weighted by Crippen LogP contribution is -2.57. The third-order valence-corrected chi connectivity index (χ3v) is 4.72. The van der Waals surface area contributed by atoms with Crippen LogP contribution in [0.1, 0.15) is 39.0 Å². The molecule has 4 nitrogen and oxygen atoms in total. The normalized spacial score (nSPS) is 12.0. The number of nitrogens with one attached hydrogen (secondary N) is 1. The summed E-state index contributed by atoms with van der Waals surface area (Å²) in [5, 5.41) is 0. The molecule has 0 aromatic rings. The molecule has 5 heteroatoms. The van der Waals surface area contributed by atoms with Gasteiger partial charge in [-0.05, 0) is 13.0 Å². The number of unbranched alkanes of at least 4 members (excludes halogenated alkanes) is 4. The van der Waals surface area contributed by atoms with E-state index in [9.17, 15) is 0 Å². The first-order valence-electron chi connectivity index (χ1n) is 5.65. The molecule has 0 aliphatic rings. The third kappa shape index (κ3) is 6.27. The standard InChI is InChI=1S/C10H25NO3Si/c1-5-6-7-8-9-10-11-15(12-2,13-3)14-4/h11H,5-10H2,1-4H3. The van der Waals surface area contributed by atoms with Gasteiger partial charge < -0.3 is 13.3 Å². The summed E-state index contributed by atoms with van der Waals surface area (Å²) in [5.74, 6) is 0. The van der Waals surface area contributed by atoms with Gasteiger partial charge in [0, 0.05) is 21.3 Å². The average molecular weight is 235 g/mol. The van der Waals surface area contributed by atoms with Crippen LogP contribution >= 0.6 is 0 Å². The van der Waals surface area contributed by atoms with E-state index in [1.807, 2.05) is 0 Å². The van der Waals surface area contributed by atoms with Crippen LogP contribution in [0.15, 0.2) is 0 Å². The molecule has 15 heavy (non-hydrogen) atoms. The minimum Gasteiger partial charge on any atom is -0.364 e. The molecule has 0 rings (SSSR count). The van der Waals surface area contributed by atoms with E-state index in [1.54, 1.807) is 21.3 Å². The van der Waals surface area contributed by atoms with Crippen molar-refractivity contribution in [2.24, 2.45) is 0 Å². The lowest BCUT2D eigenvalue weighted by molar-refractivity contribution is 0.110. The smallest absolute Gasteiger partial charge is 0.364 e. The van der Waals surface area contributed by atoms with E-state index in [-0.39, 0.29) is 0 Å². The molecule has 0 saturated heterocycles. The van der Waals surface area contributed by atoms with Crippen molar-refractivity contribution in [3.8, 4) is 0 Å². The Morgan fingerprint density at radius 3 is 1.87 bits per heavy atom. The van der Waals surface area contributed by atoms with E-state index in [0.717, 1.165) is 13.0 Å². The maximum atomic E-state index is 5.25. The molecule has 0 heterocycles. The Morgan fingerprint density at radius 1 is 0.867 bits per heavy atom. The molecule has 0 aliphatic carbocycles. The summed E-state index contributed by atoms with van der Waals surface area (Å²) in [7, 11) is 2.31. The Kier molecular flexibility index (Phi) is 9.33. The van der Waals surface area contributed by atoms with Crippen LogP contribution in [0.4, 0.5) is 0 Å². The van der Waals surface area contributed by atoms with Gasteiger partial charge in [0.15, 0.2) is 0 Å². The summed E-state index contributed by atoms with van der Waals surface area (Å²) in [6.07, 6.45) is 6.30. The van der Waals surface area contributed by atoms with Crippen LogP contribution in [0.25, 0.3) is 0 Å². The fraction of sp³-hybridized carbons (Fsp3) is 1.00. The van der Waals surface area contributed by atoms with Crippen LogP contribution in [-0.2, 0) is 13.3 Å². The van der Waals surface area contributed by atoms with E-state index in [2.05, 4.69) is 11.9 Å². The van der Waals surface area contributed by atoms with Crippen LogP contribution in [0.5, 0.6) is 0 Å². The second-order valence-corrected chi connectivity index (χ2v) is 6.20. The first-order chi connectivity index (χ1) is 7.24. The molecule has 0 atom stereocenters. The van der Waals surface area contributed by atoms with Crippen molar-refractivity contribution in [2.45, 2.75) is 39.0 Å². The summed E-state index contributed by atoms with van der Waals surface area (Å²) in [4.78, 5) is 3.23. The van der Waals surface area contributed by atoms with Gasteiger partial charge >= 0.3 is 8.97 Å². The summed E-state index contributed by atoms with van der Waals surface area (Å²) in [6, 6.07) is 0. The van der Waals surface area contributed by atoms with Gasteiger partial charge in [0.2, 0.25) is 0 Å². The van der Waals surface area contributed by atoms with Crippen molar-refractivity contribution in [2.75, 3.05) is 27.9 Å². The van der Waals surface area contributed by atoms with Gasteiger partial charge in [-0.25, -0.2) is 0 Å². The van der Waals surface area contributed by atoms with Crippen molar-refractivity contribution in [1.82, 2.24) is 4.98 Å². The molecule has 0 radical (unpaired) electrons.